The Hall–Kier alpha value is -0.353. The van der Waals surface area contributed by atoms with Gasteiger partial charge >= 0.3 is 5.97 Å². The van der Waals surface area contributed by atoms with Crippen molar-refractivity contribution in [3.8, 4) is 0 Å². The van der Waals surface area contributed by atoms with Gasteiger partial charge in [0.05, 0.1) is 20.1 Å². The SMILES string of the molecule is CCCCC[Si](C)(C)C1CCC(C(=O)OC2CCC(O)CC2)CC1. The van der Waals surface area contributed by atoms with Crippen LogP contribution in [0.5, 0.6) is 0 Å². The molecule has 4 heteroatoms. The zero-order valence-electron chi connectivity index (χ0n) is 16.1. The van der Waals surface area contributed by atoms with Crippen molar-refractivity contribution in [2.75, 3.05) is 0 Å². The fraction of sp³-hybridized carbons (Fsp3) is 0.950. The number of carbonyl (C=O) groups is 1. The van der Waals surface area contributed by atoms with Gasteiger partial charge in [-0.15, -0.1) is 0 Å². The van der Waals surface area contributed by atoms with Crippen LogP contribution in [0.15, 0.2) is 0 Å². The van der Waals surface area contributed by atoms with E-state index in [-0.39, 0.29) is 24.1 Å². The summed E-state index contributed by atoms with van der Waals surface area (Å²) < 4.78 is 5.74. The van der Waals surface area contributed by atoms with E-state index in [9.17, 15) is 9.90 Å². The highest BCUT2D eigenvalue weighted by Crippen LogP contribution is 2.42. The van der Waals surface area contributed by atoms with E-state index >= 15 is 0 Å². The highest BCUT2D eigenvalue weighted by Gasteiger charge is 2.37. The maximum absolute atomic E-state index is 12.4. The molecule has 0 amide bonds. The Morgan fingerprint density at radius 3 is 2.21 bits per heavy atom. The first-order valence-electron chi connectivity index (χ1n) is 10.3. The summed E-state index contributed by atoms with van der Waals surface area (Å²) >= 11 is 0. The van der Waals surface area contributed by atoms with E-state index in [1.165, 1.54) is 38.1 Å². The predicted octanol–water partition coefficient (Wildman–Crippen LogP) is 5.29. The second kappa shape index (κ2) is 9.37. The molecule has 0 radical (unpaired) electrons. The Kier molecular flexibility index (Phi) is 7.80. The van der Waals surface area contributed by atoms with Gasteiger partial charge in [0.1, 0.15) is 6.10 Å². The third kappa shape index (κ3) is 5.87. The van der Waals surface area contributed by atoms with Crippen molar-refractivity contribution in [3.05, 3.63) is 0 Å². The number of aliphatic hydroxyl groups is 1. The molecule has 0 aromatic carbocycles. The Morgan fingerprint density at radius 1 is 1.00 bits per heavy atom. The quantitative estimate of drug-likeness (QED) is 0.384. The van der Waals surface area contributed by atoms with E-state index in [2.05, 4.69) is 20.0 Å². The normalized spacial score (nSPS) is 31.7. The number of ether oxygens (including phenoxy) is 1. The number of aliphatic hydroxyl groups excluding tert-OH is 1. The van der Waals surface area contributed by atoms with Gasteiger partial charge in [-0.3, -0.25) is 4.79 Å². The molecule has 0 aromatic heterocycles. The molecule has 2 rings (SSSR count). The zero-order chi connectivity index (χ0) is 17.6. The van der Waals surface area contributed by atoms with Crippen LogP contribution in [0.25, 0.3) is 0 Å². The third-order valence-corrected chi connectivity index (χ3v) is 10.9. The van der Waals surface area contributed by atoms with E-state index in [0.717, 1.165) is 44.1 Å². The summed E-state index contributed by atoms with van der Waals surface area (Å²) in [5.74, 6) is 0.175. The number of esters is 1. The molecule has 2 aliphatic rings. The van der Waals surface area contributed by atoms with Crippen molar-refractivity contribution < 1.29 is 14.6 Å². The predicted molar refractivity (Wildman–Crippen MR) is 102 cm³/mol. The molecule has 0 aliphatic heterocycles. The van der Waals surface area contributed by atoms with Crippen LogP contribution in [0.3, 0.4) is 0 Å². The minimum Gasteiger partial charge on any atom is -0.462 e. The lowest BCUT2D eigenvalue weighted by molar-refractivity contribution is -0.157. The number of carbonyl (C=O) groups excluding carboxylic acids is 1. The van der Waals surface area contributed by atoms with Crippen molar-refractivity contribution in [1.29, 1.82) is 0 Å². The standard InChI is InChI=1S/C20H38O3Si/c1-4-5-6-15-24(2,3)19-13-7-16(8-14-19)20(22)23-18-11-9-17(21)10-12-18/h16-19,21H,4-15H2,1-3H3. The van der Waals surface area contributed by atoms with Gasteiger partial charge in [0.15, 0.2) is 0 Å². The number of rotatable bonds is 7. The van der Waals surface area contributed by atoms with Crippen molar-refractivity contribution in [2.45, 2.75) is 114 Å². The van der Waals surface area contributed by atoms with E-state index in [0.29, 0.717) is 0 Å². The molecule has 1 N–H and O–H groups in total. The molecule has 0 aromatic rings. The van der Waals surface area contributed by atoms with Gasteiger partial charge in [-0.25, -0.2) is 0 Å². The van der Waals surface area contributed by atoms with E-state index in [1.54, 1.807) is 0 Å². The molecule has 2 fully saturated rings. The van der Waals surface area contributed by atoms with Crippen LogP contribution < -0.4 is 0 Å². The first-order chi connectivity index (χ1) is 11.4. The molecule has 0 heterocycles. The number of hydrogen-bond donors (Lipinski definition) is 1. The van der Waals surface area contributed by atoms with Crippen molar-refractivity contribution in [2.24, 2.45) is 5.92 Å². The second-order valence-electron chi connectivity index (χ2n) is 8.86. The zero-order valence-corrected chi connectivity index (χ0v) is 17.1. The smallest absolute Gasteiger partial charge is 0.309 e. The maximum atomic E-state index is 12.4. The summed E-state index contributed by atoms with van der Waals surface area (Å²) in [5.41, 5.74) is 0.892. The maximum Gasteiger partial charge on any atom is 0.309 e. The fourth-order valence-electron chi connectivity index (χ4n) is 4.57. The summed E-state index contributed by atoms with van der Waals surface area (Å²) in [4.78, 5) is 12.4. The minimum absolute atomic E-state index is 0.0419. The molecule has 0 atom stereocenters. The van der Waals surface area contributed by atoms with Crippen LogP contribution >= 0.6 is 0 Å². The van der Waals surface area contributed by atoms with E-state index in [1.807, 2.05) is 0 Å². The molecule has 0 bridgehead atoms. The van der Waals surface area contributed by atoms with Crippen molar-refractivity contribution in [3.63, 3.8) is 0 Å². The van der Waals surface area contributed by atoms with E-state index in [4.69, 9.17) is 4.74 Å². The first kappa shape index (κ1) is 20.0. The fourth-order valence-corrected chi connectivity index (χ4v) is 8.03. The Bertz CT molecular complexity index is 380. The highest BCUT2D eigenvalue weighted by molar-refractivity contribution is 6.78. The Morgan fingerprint density at radius 2 is 1.62 bits per heavy atom. The first-order valence-corrected chi connectivity index (χ1v) is 13.6. The largest absolute Gasteiger partial charge is 0.462 e. The molecule has 0 spiro atoms. The minimum atomic E-state index is -1.13. The lowest BCUT2D eigenvalue weighted by Gasteiger charge is -2.38. The summed E-state index contributed by atoms with van der Waals surface area (Å²) in [6.07, 6.45) is 11.7. The van der Waals surface area contributed by atoms with Crippen LogP contribution in [0.4, 0.5) is 0 Å². The average Bonchev–Trinajstić information content (AvgIpc) is 2.57. The monoisotopic (exact) mass is 354 g/mol. The molecule has 0 unspecified atom stereocenters. The van der Waals surface area contributed by atoms with Crippen LogP contribution in [0.2, 0.25) is 24.7 Å². The van der Waals surface area contributed by atoms with Crippen molar-refractivity contribution >= 4 is 14.0 Å². The molecular weight excluding hydrogens is 316 g/mol. The van der Waals surface area contributed by atoms with Gasteiger partial charge < -0.3 is 9.84 Å². The lowest BCUT2D eigenvalue weighted by atomic mass is 9.88. The van der Waals surface area contributed by atoms with Gasteiger partial charge in [0.25, 0.3) is 0 Å². The van der Waals surface area contributed by atoms with Gasteiger partial charge in [-0.2, -0.15) is 0 Å². The van der Waals surface area contributed by atoms with Crippen LogP contribution in [0, 0.1) is 5.92 Å². The Labute approximate surface area is 149 Å². The summed E-state index contributed by atoms with van der Waals surface area (Å²) in [6.45, 7) is 7.39. The second-order valence-corrected chi connectivity index (χ2v) is 14.2. The number of hydrogen-bond acceptors (Lipinski definition) is 3. The summed E-state index contributed by atoms with van der Waals surface area (Å²) in [5, 5.41) is 9.56. The molecule has 140 valence electrons. The average molecular weight is 355 g/mol. The molecule has 2 aliphatic carbocycles. The van der Waals surface area contributed by atoms with Gasteiger partial charge in [-0.1, -0.05) is 58.2 Å². The molecule has 2 saturated carbocycles. The third-order valence-electron chi connectivity index (χ3n) is 6.52. The topological polar surface area (TPSA) is 46.5 Å². The van der Waals surface area contributed by atoms with Crippen molar-refractivity contribution in [1.82, 2.24) is 0 Å². The van der Waals surface area contributed by atoms with Crippen LogP contribution in [0.1, 0.15) is 77.6 Å². The van der Waals surface area contributed by atoms with Crippen LogP contribution in [-0.2, 0) is 9.53 Å². The van der Waals surface area contributed by atoms with Gasteiger partial charge in [0.2, 0.25) is 0 Å². The molecule has 0 saturated heterocycles. The van der Waals surface area contributed by atoms with Gasteiger partial charge in [0, 0.05) is 0 Å². The molecule has 3 nitrogen and oxygen atoms in total. The van der Waals surface area contributed by atoms with E-state index < -0.39 is 8.07 Å². The molecule has 24 heavy (non-hydrogen) atoms. The molecular formula is C20H38O3Si. The number of unbranched alkanes of at least 4 members (excludes halogenated alkanes) is 2. The Balaban J connectivity index is 1.72. The summed E-state index contributed by atoms with van der Waals surface area (Å²) in [7, 11) is -1.13. The van der Waals surface area contributed by atoms with Crippen LogP contribution in [-0.4, -0.2) is 31.4 Å². The highest BCUT2D eigenvalue weighted by atomic mass is 28.3. The summed E-state index contributed by atoms with van der Waals surface area (Å²) in [6, 6.07) is 1.45. The van der Waals surface area contributed by atoms with Gasteiger partial charge in [-0.05, 0) is 44.1 Å². The lowest BCUT2D eigenvalue weighted by Crippen LogP contribution is -2.37.